The molecule has 0 amide bonds. The molecule has 0 aliphatic carbocycles. The molecule has 1 heterocycles. The standard InChI is InChI=1S/C16H31NO3/c1-6-19-14(18)16(11-17,9-12(2)3)10-13-7-8-15(4,5)20-13/h12-13H,6-11,17H2,1-5H3. The molecule has 4 heteroatoms. The smallest absolute Gasteiger partial charge is 0.313 e. The molecule has 0 spiro atoms. The van der Waals surface area contributed by atoms with Crippen LogP contribution in [0.3, 0.4) is 0 Å². The van der Waals surface area contributed by atoms with E-state index in [4.69, 9.17) is 15.2 Å². The van der Waals surface area contributed by atoms with Gasteiger partial charge in [-0.2, -0.15) is 0 Å². The van der Waals surface area contributed by atoms with Gasteiger partial charge in [-0.15, -0.1) is 0 Å². The lowest BCUT2D eigenvalue weighted by molar-refractivity contribution is -0.159. The van der Waals surface area contributed by atoms with E-state index in [1.165, 1.54) is 0 Å². The molecule has 2 unspecified atom stereocenters. The second-order valence-corrected chi connectivity index (χ2v) is 7.05. The predicted molar refractivity (Wildman–Crippen MR) is 80.4 cm³/mol. The first-order chi connectivity index (χ1) is 9.24. The van der Waals surface area contributed by atoms with Gasteiger partial charge in [-0.1, -0.05) is 13.8 Å². The SMILES string of the molecule is CCOC(=O)C(CN)(CC(C)C)CC1CCC(C)(C)O1. The van der Waals surface area contributed by atoms with E-state index in [-0.39, 0.29) is 17.7 Å². The Kier molecular flexibility index (Phi) is 6.02. The highest BCUT2D eigenvalue weighted by molar-refractivity contribution is 5.77. The molecular formula is C16H31NO3. The summed E-state index contributed by atoms with van der Waals surface area (Å²) in [4.78, 5) is 12.4. The Balaban J connectivity index is 2.83. The molecule has 1 fully saturated rings. The number of ether oxygens (including phenoxy) is 2. The van der Waals surface area contributed by atoms with Gasteiger partial charge in [0.25, 0.3) is 0 Å². The number of hydrogen-bond donors (Lipinski definition) is 1. The fraction of sp³-hybridized carbons (Fsp3) is 0.938. The van der Waals surface area contributed by atoms with Crippen LogP contribution in [0.5, 0.6) is 0 Å². The summed E-state index contributed by atoms with van der Waals surface area (Å²) in [6.45, 7) is 11.0. The van der Waals surface area contributed by atoms with E-state index < -0.39 is 5.41 Å². The van der Waals surface area contributed by atoms with E-state index in [1.807, 2.05) is 6.92 Å². The number of hydrogen-bond acceptors (Lipinski definition) is 4. The van der Waals surface area contributed by atoms with E-state index in [2.05, 4.69) is 27.7 Å². The van der Waals surface area contributed by atoms with Crippen molar-refractivity contribution in [2.24, 2.45) is 17.1 Å². The van der Waals surface area contributed by atoms with Gasteiger partial charge in [-0.05, 0) is 52.4 Å². The number of carbonyl (C=O) groups is 1. The van der Waals surface area contributed by atoms with E-state index in [1.54, 1.807) is 0 Å². The molecule has 2 N–H and O–H groups in total. The van der Waals surface area contributed by atoms with Crippen molar-refractivity contribution in [2.75, 3.05) is 13.2 Å². The van der Waals surface area contributed by atoms with Gasteiger partial charge in [0.1, 0.15) is 0 Å². The molecule has 0 aromatic carbocycles. The minimum atomic E-state index is -0.602. The monoisotopic (exact) mass is 285 g/mol. The summed E-state index contributed by atoms with van der Waals surface area (Å²) in [5.41, 5.74) is 5.29. The molecule has 118 valence electrons. The molecular weight excluding hydrogens is 254 g/mol. The van der Waals surface area contributed by atoms with Crippen LogP contribution in [0.15, 0.2) is 0 Å². The quantitative estimate of drug-likeness (QED) is 0.731. The number of esters is 1. The Bertz CT molecular complexity index is 328. The van der Waals surface area contributed by atoms with E-state index in [0.29, 0.717) is 25.5 Å². The van der Waals surface area contributed by atoms with Crippen LogP contribution in [0, 0.1) is 11.3 Å². The van der Waals surface area contributed by atoms with Crippen molar-refractivity contribution >= 4 is 5.97 Å². The third-order valence-corrected chi connectivity index (χ3v) is 4.07. The molecule has 1 saturated heterocycles. The Labute approximate surface area is 123 Å². The van der Waals surface area contributed by atoms with Gasteiger partial charge in [-0.3, -0.25) is 4.79 Å². The van der Waals surface area contributed by atoms with E-state index >= 15 is 0 Å². The third kappa shape index (κ3) is 4.45. The zero-order valence-electron chi connectivity index (χ0n) is 13.7. The summed E-state index contributed by atoms with van der Waals surface area (Å²) in [6.07, 6.45) is 3.55. The number of nitrogens with two attached hydrogens (primary N) is 1. The molecule has 1 aliphatic rings. The highest BCUT2D eigenvalue weighted by atomic mass is 16.5. The normalized spacial score (nSPS) is 24.6. The minimum Gasteiger partial charge on any atom is -0.466 e. The maximum atomic E-state index is 12.4. The predicted octanol–water partition coefficient (Wildman–Crippen LogP) is 2.89. The molecule has 0 aromatic rings. The molecule has 1 rings (SSSR count). The van der Waals surface area contributed by atoms with Gasteiger partial charge in [0, 0.05) is 6.54 Å². The summed E-state index contributed by atoms with van der Waals surface area (Å²) in [7, 11) is 0. The molecule has 0 aromatic heterocycles. The summed E-state index contributed by atoms with van der Waals surface area (Å²) in [5.74, 6) is 0.238. The maximum absolute atomic E-state index is 12.4. The summed E-state index contributed by atoms with van der Waals surface area (Å²) in [5, 5.41) is 0. The zero-order valence-corrected chi connectivity index (χ0v) is 13.7. The summed E-state index contributed by atoms with van der Waals surface area (Å²) >= 11 is 0. The maximum Gasteiger partial charge on any atom is 0.313 e. The highest BCUT2D eigenvalue weighted by Crippen LogP contribution is 2.39. The van der Waals surface area contributed by atoms with Crippen LogP contribution >= 0.6 is 0 Å². The Morgan fingerprint density at radius 2 is 2.15 bits per heavy atom. The molecule has 1 aliphatic heterocycles. The molecule has 20 heavy (non-hydrogen) atoms. The molecule has 0 saturated carbocycles. The average Bonchev–Trinajstić information content (AvgIpc) is 2.67. The number of rotatable bonds is 7. The molecule has 2 atom stereocenters. The topological polar surface area (TPSA) is 61.5 Å². The summed E-state index contributed by atoms with van der Waals surface area (Å²) in [6, 6.07) is 0. The molecule has 4 nitrogen and oxygen atoms in total. The van der Waals surface area contributed by atoms with Crippen LogP contribution in [0.25, 0.3) is 0 Å². The highest BCUT2D eigenvalue weighted by Gasteiger charge is 2.44. The van der Waals surface area contributed by atoms with Crippen LogP contribution in [0.4, 0.5) is 0 Å². The van der Waals surface area contributed by atoms with Crippen molar-refractivity contribution in [3.63, 3.8) is 0 Å². The lowest BCUT2D eigenvalue weighted by Crippen LogP contribution is -2.44. The van der Waals surface area contributed by atoms with Gasteiger partial charge in [0.05, 0.1) is 23.7 Å². The van der Waals surface area contributed by atoms with Crippen LogP contribution in [0.1, 0.15) is 60.3 Å². The first-order valence-electron chi connectivity index (χ1n) is 7.80. The first kappa shape index (κ1) is 17.4. The second kappa shape index (κ2) is 6.90. The van der Waals surface area contributed by atoms with Crippen LogP contribution in [-0.4, -0.2) is 30.8 Å². The molecule has 0 radical (unpaired) electrons. The first-order valence-corrected chi connectivity index (χ1v) is 7.80. The largest absolute Gasteiger partial charge is 0.466 e. The third-order valence-electron chi connectivity index (χ3n) is 4.07. The van der Waals surface area contributed by atoms with Crippen molar-refractivity contribution in [3.8, 4) is 0 Å². The van der Waals surface area contributed by atoms with Crippen LogP contribution in [0.2, 0.25) is 0 Å². The lowest BCUT2D eigenvalue weighted by Gasteiger charge is -2.34. The fourth-order valence-corrected chi connectivity index (χ4v) is 3.22. The lowest BCUT2D eigenvalue weighted by atomic mass is 9.75. The summed E-state index contributed by atoms with van der Waals surface area (Å²) < 4.78 is 11.3. The van der Waals surface area contributed by atoms with Gasteiger partial charge in [0.2, 0.25) is 0 Å². The minimum absolute atomic E-state index is 0.0858. The van der Waals surface area contributed by atoms with Gasteiger partial charge >= 0.3 is 5.97 Å². The Morgan fingerprint density at radius 3 is 2.55 bits per heavy atom. The Hall–Kier alpha value is -0.610. The van der Waals surface area contributed by atoms with E-state index in [0.717, 1.165) is 19.3 Å². The van der Waals surface area contributed by atoms with Crippen molar-refractivity contribution < 1.29 is 14.3 Å². The van der Waals surface area contributed by atoms with E-state index in [9.17, 15) is 4.79 Å². The van der Waals surface area contributed by atoms with Crippen LogP contribution < -0.4 is 5.73 Å². The zero-order chi connectivity index (χ0) is 15.4. The van der Waals surface area contributed by atoms with Gasteiger partial charge < -0.3 is 15.2 Å². The average molecular weight is 285 g/mol. The van der Waals surface area contributed by atoms with Crippen molar-refractivity contribution in [3.05, 3.63) is 0 Å². The van der Waals surface area contributed by atoms with Crippen molar-refractivity contribution in [1.82, 2.24) is 0 Å². The second-order valence-electron chi connectivity index (χ2n) is 7.05. The van der Waals surface area contributed by atoms with Crippen molar-refractivity contribution in [2.45, 2.75) is 72.0 Å². The fourth-order valence-electron chi connectivity index (χ4n) is 3.22. The molecule has 0 bridgehead atoms. The van der Waals surface area contributed by atoms with Crippen molar-refractivity contribution in [1.29, 1.82) is 0 Å². The van der Waals surface area contributed by atoms with Crippen LogP contribution in [-0.2, 0) is 14.3 Å². The Morgan fingerprint density at radius 1 is 1.50 bits per heavy atom. The number of carbonyl (C=O) groups excluding carboxylic acids is 1. The van der Waals surface area contributed by atoms with Gasteiger partial charge in [0.15, 0.2) is 0 Å². The van der Waals surface area contributed by atoms with Gasteiger partial charge in [-0.25, -0.2) is 0 Å².